The number of benzene rings is 1. The molecule has 3 nitrogen and oxygen atoms in total. The van der Waals surface area contributed by atoms with Gasteiger partial charge in [-0.2, -0.15) is 13.2 Å². The molecule has 0 aliphatic carbocycles. The summed E-state index contributed by atoms with van der Waals surface area (Å²) in [6, 6.07) is 9.18. The summed E-state index contributed by atoms with van der Waals surface area (Å²) in [5.74, 6) is 0. The first kappa shape index (κ1) is 15.3. The average Bonchev–Trinajstić information content (AvgIpc) is 2.45. The second-order valence-electron chi connectivity index (χ2n) is 5.46. The van der Waals surface area contributed by atoms with Gasteiger partial charge in [0.05, 0.1) is 11.3 Å². The zero-order chi connectivity index (χ0) is 16.8. The van der Waals surface area contributed by atoms with Crippen LogP contribution in [0.25, 0.3) is 22.3 Å². The van der Waals surface area contributed by atoms with E-state index in [1.807, 2.05) is 6.92 Å². The SMILES string of the molecule is Cc1ccc(-c2cc(C(F)(F)F)c3c(C)cc(=O)[nH]c3n2)cc1. The highest BCUT2D eigenvalue weighted by atomic mass is 19.4. The zero-order valence-corrected chi connectivity index (χ0v) is 12.5. The van der Waals surface area contributed by atoms with Crippen molar-refractivity contribution < 1.29 is 13.2 Å². The lowest BCUT2D eigenvalue weighted by molar-refractivity contribution is -0.136. The highest BCUT2D eigenvalue weighted by Crippen LogP contribution is 2.37. The van der Waals surface area contributed by atoms with Crippen LogP contribution in [-0.2, 0) is 6.18 Å². The van der Waals surface area contributed by atoms with E-state index in [1.165, 1.54) is 6.92 Å². The average molecular weight is 318 g/mol. The van der Waals surface area contributed by atoms with Crippen molar-refractivity contribution in [3.63, 3.8) is 0 Å². The van der Waals surface area contributed by atoms with Crippen LogP contribution in [0.2, 0.25) is 0 Å². The number of rotatable bonds is 1. The number of aromatic nitrogens is 2. The van der Waals surface area contributed by atoms with Gasteiger partial charge in [0, 0.05) is 17.0 Å². The summed E-state index contributed by atoms with van der Waals surface area (Å²) in [6.07, 6.45) is -4.54. The normalized spacial score (nSPS) is 11.9. The van der Waals surface area contributed by atoms with E-state index in [2.05, 4.69) is 9.97 Å². The number of nitrogens with one attached hydrogen (secondary N) is 1. The van der Waals surface area contributed by atoms with Gasteiger partial charge in [-0.05, 0) is 25.5 Å². The van der Waals surface area contributed by atoms with Gasteiger partial charge in [0.15, 0.2) is 0 Å². The van der Waals surface area contributed by atoms with Gasteiger partial charge >= 0.3 is 6.18 Å². The van der Waals surface area contributed by atoms with Crippen LogP contribution in [0.15, 0.2) is 41.2 Å². The Bertz CT molecular complexity index is 941. The number of nitrogens with zero attached hydrogens (tertiary/aromatic N) is 1. The van der Waals surface area contributed by atoms with Crippen LogP contribution in [0.5, 0.6) is 0 Å². The Hall–Kier alpha value is -2.63. The van der Waals surface area contributed by atoms with Crippen molar-refractivity contribution in [1.29, 1.82) is 0 Å². The third-order valence-electron chi connectivity index (χ3n) is 3.66. The van der Waals surface area contributed by atoms with Crippen molar-refractivity contribution in [3.05, 3.63) is 63.4 Å². The van der Waals surface area contributed by atoms with Crippen LogP contribution in [0.3, 0.4) is 0 Å². The van der Waals surface area contributed by atoms with Crippen LogP contribution in [0.1, 0.15) is 16.7 Å². The fourth-order valence-electron chi connectivity index (χ4n) is 2.55. The molecule has 23 heavy (non-hydrogen) atoms. The van der Waals surface area contributed by atoms with Gasteiger partial charge in [-0.15, -0.1) is 0 Å². The molecule has 0 spiro atoms. The van der Waals surface area contributed by atoms with Crippen molar-refractivity contribution in [2.45, 2.75) is 20.0 Å². The lowest BCUT2D eigenvalue weighted by atomic mass is 10.0. The maximum absolute atomic E-state index is 13.4. The largest absolute Gasteiger partial charge is 0.417 e. The van der Waals surface area contributed by atoms with Crippen LogP contribution >= 0.6 is 0 Å². The lowest BCUT2D eigenvalue weighted by Crippen LogP contribution is -2.12. The molecule has 2 heterocycles. The molecule has 2 aromatic heterocycles. The summed E-state index contributed by atoms with van der Waals surface area (Å²) in [4.78, 5) is 18.2. The predicted octanol–water partition coefficient (Wildman–Crippen LogP) is 4.23. The molecule has 0 amide bonds. The van der Waals surface area contributed by atoms with E-state index in [1.54, 1.807) is 24.3 Å². The summed E-state index contributed by atoms with van der Waals surface area (Å²) in [6.45, 7) is 3.36. The number of hydrogen-bond donors (Lipinski definition) is 1. The van der Waals surface area contributed by atoms with Gasteiger partial charge in [-0.1, -0.05) is 29.8 Å². The van der Waals surface area contributed by atoms with E-state index in [4.69, 9.17) is 0 Å². The molecular formula is C17H13F3N2O. The molecule has 0 saturated carbocycles. The molecule has 1 aromatic carbocycles. The summed E-state index contributed by atoms with van der Waals surface area (Å²) >= 11 is 0. The molecule has 0 bridgehead atoms. The number of pyridine rings is 2. The first-order chi connectivity index (χ1) is 10.8. The van der Waals surface area contributed by atoms with Crippen molar-refractivity contribution in [2.24, 2.45) is 0 Å². The molecule has 3 aromatic rings. The Labute approximate surface area is 129 Å². The van der Waals surface area contributed by atoms with E-state index in [-0.39, 0.29) is 22.3 Å². The summed E-state index contributed by atoms with van der Waals surface area (Å²) < 4.78 is 40.3. The minimum Gasteiger partial charge on any atom is -0.307 e. The third kappa shape index (κ3) is 2.84. The van der Waals surface area contributed by atoms with Crippen LogP contribution in [0.4, 0.5) is 13.2 Å². The number of aromatic amines is 1. The molecule has 118 valence electrons. The number of alkyl halides is 3. The zero-order valence-electron chi connectivity index (χ0n) is 12.5. The van der Waals surface area contributed by atoms with Crippen molar-refractivity contribution >= 4 is 11.0 Å². The number of halogens is 3. The quantitative estimate of drug-likeness (QED) is 0.730. The monoisotopic (exact) mass is 318 g/mol. The summed E-state index contributed by atoms with van der Waals surface area (Å²) in [7, 11) is 0. The van der Waals surface area contributed by atoms with Crippen LogP contribution in [0, 0.1) is 13.8 Å². The molecule has 0 aliphatic heterocycles. The minimum atomic E-state index is -4.54. The Morgan fingerprint density at radius 1 is 1.04 bits per heavy atom. The van der Waals surface area contributed by atoms with Gasteiger partial charge in [0.2, 0.25) is 5.56 Å². The maximum atomic E-state index is 13.4. The van der Waals surface area contributed by atoms with Gasteiger partial charge in [0.25, 0.3) is 0 Å². The molecule has 1 N–H and O–H groups in total. The van der Waals surface area contributed by atoms with E-state index in [9.17, 15) is 18.0 Å². The Kier molecular flexibility index (Phi) is 3.47. The van der Waals surface area contributed by atoms with Gasteiger partial charge in [0.1, 0.15) is 5.65 Å². The fraction of sp³-hybridized carbons (Fsp3) is 0.176. The van der Waals surface area contributed by atoms with Gasteiger partial charge < -0.3 is 4.98 Å². The third-order valence-corrected chi connectivity index (χ3v) is 3.66. The molecule has 0 aliphatic rings. The maximum Gasteiger partial charge on any atom is 0.417 e. The second kappa shape index (κ2) is 5.22. The molecule has 0 saturated heterocycles. The van der Waals surface area contributed by atoms with Crippen molar-refractivity contribution in [2.75, 3.05) is 0 Å². The Balaban J connectivity index is 2.38. The molecule has 6 heteroatoms. The highest BCUT2D eigenvalue weighted by Gasteiger charge is 2.34. The van der Waals surface area contributed by atoms with E-state index in [0.717, 1.165) is 17.7 Å². The van der Waals surface area contributed by atoms with E-state index < -0.39 is 17.3 Å². The molecule has 3 rings (SSSR count). The Morgan fingerprint density at radius 3 is 2.30 bits per heavy atom. The summed E-state index contributed by atoms with van der Waals surface area (Å²) in [5, 5.41) is -0.0760. The molecule has 0 radical (unpaired) electrons. The minimum absolute atomic E-state index is 0.0552. The standard InChI is InChI=1S/C17H13F3N2O/c1-9-3-5-11(6-4-9)13-8-12(17(18,19)20)15-10(2)7-14(23)22-16(15)21-13/h3-8H,1-2H3,(H,21,22,23). The van der Waals surface area contributed by atoms with Crippen LogP contribution in [-0.4, -0.2) is 9.97 Å². The first-order valence-electron chi connectivity index (χ1n) is 6.94. The number of hydrogen-bond acceptors (Lipinski definition) is 2. The second-order valence-corrected chi connectivity index (χ2v) is 5.46. The molecule has 0 unspecified atom stereocenters. The lowest BCUT2D eigenvalue weighted by Gasteiger charge is -2.14. The first-order valence-corrected chi connectivity index (χ1v) is 6.94. The molecule has 0 fully saturated rings. The number of fused-ring (bicyclic) bond motifs is 1. The highest BCUT2D eigenvalue weighted by molar-refractivity contribution is 5.85. The van der Waals surface area contributed by atoms with E-state index >= 15 is 0 Å². The summed E-state index contributed by atoms with van der Waals surface area (Å²) in [5.41, 5.74) is 0.647. The Morgan fingerprint density at radius 2 is 1.70 bits per heavy atom. The topological polar surface area (TPSA) is 45.8 Å². The van der Waals surface area contributed by atoms with Gasteiger partial charge in [-0.3, -0.25) is 4.79 Å². The van der Waals surface area contributed by atoms with Crippen LogP contribution < -0.4 is 5.56 Å². The number of aryl methyl sites for hydroxylation is 2. The number of H-pyrrole nitrogens is 1. The predicted molar refractivity (Wildman–Crippen MR) is 82.3 cm³/mol. The smallest absolute Gasteiger partial charge is 0.307 e. The fourth-order valence-corrected chi connectivity index (χ4v) is 2.55. The van der Waals surface area contributed by atoms with Crippen molar-refractivity contribution in [3.8, 4) is 11.3 Å². The van der Waals surface area contributed by atoms with E-state index in [0.29, 0.717) is 5.56 Å². The molecule has 0 atom stereocenters. The van der Waals surface area contributed by atoms with Crippen molar-refractivity contribution in [1.82, 2.24) is 9.97 Å². The van der Waals surface area contributed by atoms with Gasteiger partial charge in [-0.25, -0.2) is 4.98 Å². The molecular weight excluding hydrogens is 305 g/mol.